The van der Waals surface area contributed by atoms with Crippen LogP contribution in [0.5, 0.6) is 0 Å². The third-order valence-corrected chi connectivity index (χ3v) is 2.59. The fraction of sp³-hybridized carbons (Fsp3) is 0.636. The van der Waals surface area contributed by atoms with Crippen molar-refractivity contribution >= 4 is 5.97 Å². The Labute approximate surface area is 95.5 Å². The van der Waals surface area contributed by atoms with Gasteiger partial charge in [-0.3, -0.25) is 9.48 Å². The highest BCUT2D eigenvalue weighted by atomic mass is 16.4. The lowest BCUT2D eigenvalue weighted by atomic mass is 10.2. The van der Waals surface area contributed by atoms with Crippen LogP contribution in [0.4, 0.5) is 0 Å². The van der Waals surface area contributed by atoms with Crippen molar-refractivity contribution in [1.82, 2.24) is 15.1 Å². The number of carboxylic acid groups (broad SMARTS) is 1. The predicted octanol–water partition coefficient (Wildman–Crippen LogP) is 0.805. The van der Waals surface area contributed by atoms with Gasteiger partial charge in [-0.2, -0.15) is 5.10 Å². The van der Waals surface area contributed by atoms with Gasteiger partial charge in [-0.25, -0.2) is 0 Å². The lowest BCUT2D eigenvalue weighted by Gasteiger charge is -2.12. The molecule has 0 bridgehead atoms. The largest absolute Gasteiger partial charge is 0.481 e. The molecule has 1 atom stereocenters. The molecule has 0 aliphatic rings. The Hall–Kier alpha value is -1.36. The van der Waals surface area contributed by atoms with Crippen LogP contribution in [0, 0.1) is 0 Å². The molecule has 0 aliphatic heterocycles. The minimum Gasteiger partial charge on any atom is -0.481 e. The molecule has 0 radical (unpaired) electrons. The van der Waals surface area contributed by atoms with Crippen LogP contribution in [0.2, 0.25) is 0 Å². The Balaban J connectivity index is 2.15. The maximum Gasteiger partial charge on any atom is 0.303 e. The third-order valence-electron chi connectivity index (χ3n) is 2.59. The summed E-state index contributed by atoms with van der Waals surface area (Å²) in [5.41, 5.74) is 1.18. The molecule has 0 amide bonds. The Kier molecular flexibility index (Phi) is 4.98. The lowest BCUT2D eigenvalue weighted by Crippen LogP contribution is -2.29. The van der Waals surface area contributed by atoms with Gasteiger partial charge in [0.1, 0.15) is 0 Å². The van der Waals surface area contributed by atoms with E-state index in [1.165, 1.54) is 5.69 Å². The van der Waals surface area contributed by atoms with Crippen LogP contribution in [0.15, 0.2) is 12.3 Å². The smallest absolute Gasteiger partial charge is 0.303 e. The molecule has 5 nitrogen and oxygen atoms in total. The molecule has 0 saturated carbocycles. The van der Waals surface area contributed by atoms with Crippen LogP contribution in [0.1, 0.15) is 25.5 Å². The molecule has 2 N–H and O–H groups in total. The van der Waals surface area contributed by atoms with Crippen molar-refractivity contribution in [2.45, 2.75) is 32.2 Å². The van der Waals surface area contributed by atoms with E-state index in [-0.39, 0.29) is 12.5 Å². The van der Waals surface area contributed by atoms with Crippen molar-refractivity contribution in [1.29, 1.82) is 0 Å². The molecule has 1 aromatic heterocycles. The van der Waals surface area contributed by atoms with Gasteiger partial charge in [0.05, 0.1) is 0 Å². The standard InChI is InChI=1S/C11H19N3O2/c1-9(3-4-11(15)16)12-7-5-10-6-8-13-14(10)2/h6,8-9,12H,3-5,7H2,1-2H3,(H,15,16). The monoisotopic (exact) mass is 225 g/mol. The summed E-state index contributed by atoms with van der Waals surface area (Å²) in [5.74, 6) is -0.736. The van der Waals surface area contributed by atoms with E-state index in [0.29, 0.717) is 6.42 Å². The van der Waals surface area contributed by atoms with Crippen LogP contribution < -0.4 is 5.32 Å². The number of aromatic nitrogens is 2. The molecular weight excluding hydrogens is 206 g/mol. The molecule has 1 unspecified atom stereocenters. The van der Waals surface area contributed by atoms with E-state index >= 15 is 0 Å². The highest BCUT2D eigenvalue weighted by Gasteiger charge is 2.05. The summed E-state index contributed by atoms with van der Waals surface area (Å²) < 4.78 is 1.85. The normalized spacial score (nSPS) is 12.6. The predicted molar refractivity (Wildman–Crippen MR) is 61.2 cm³/mol. The van der Waals surface area contributed by atoms with Crippen LogP contribution in [-0.4, -0.2) is 33.4 Å². The molecule has 0 fully saturated rings. The minimum absolute atomic E-state index is 0.222. The number of rotatable bonds is 7. The fourth-order valence-electron chi connectivity index (χ4n) is 1.54. The SMILES string of the molecule is CC(CCC(=O)O)NCCc1ccnn1C. The number of carbonyl (C=O) groups is 1. The summed E-state index contributed by atoms with van der Waals surface area (Å²) in [5, 5.41) is 15.9. The van der Waals surface area contributed by atoms with Gasteiger partial charge in [0.25, 0.3) is 0 Å². The number of nitrogens with one attached hydrogen (secondary N) is 1. The van der Waals surface area contributed by atoms with Gasteiger partial charge < -0.3 is 10.4 Å². The number of carboxylic acids is 1. The van der Waals surface area contributed by atoms with Crippen LogP contribution in [0.3, 0.4) is 0 Å². The van der Waals surface area contributed by atoms with E-state index < -0.39 is 5.97 Å². The average molecular weight is 225 g/mol. The molecule has 0 aliphatic carbocycles. The van der Waals surface area contributed by atoms with Gasteiger partial charge in [-0.1, -0.05) is 0 Å². The Bertz CT molecular complexity index is 336. The van der Waals surface area contributed by atoms with Crippen LogP contribution >= 0.6 is 0 Å². The Morgan fingerprint density at radius 1 is 1.69 bits per heavy atom. The average Bonchev–Trinajstić information content (AvgIpc) is 2.61. The first-order valence-corrected chi connectivity index (χ1v) is 5.51. The van der Waals surface area contributed by atoms with Crippen LogP contribution in [-0.2, 0) is 18.3 Å². The molecule has 0 aromatic carbocycles. The first-order chi connectivity index (χ1) is 7.59. The van der Waals surface area contributed by atoms with E-state index in [1.807, 2.05) is 24.7 Å². The molecule has 1 heterocycles. The van der Waals surface area contributed by atoms with Crippen molar-refractivity contribution in [3.63, 3.8) is 0 Å². The molecular formula is C11H19N3O2. The zero-order valence-electron chi connectivity index (χ0n) is 9.81. The van der Waals surface area contributed by atoms with Crippen molar-refractivity contribution in [3.05, 3.63) is 18.0 Å². The molecule has 16 heavy (non-hydrogen) atoms. The van der Waals surface area contributed by atoms with E-state index in [1.54, 1.807) is 6.20 Å². The fourth-order valence-corrected chi connectivity index (χ4v) is 1.54. The molecule has 0 saturated heterocycles. The maximum absolute atomic E-state index is 10.4. The Morgan fingerprint density at radius 2 is 2.44 bits per heavy atom. The van der Waals surface area contributed by atoms with Gasteiger partial charge >= 0.3 is 5.97 Å². The zero-order valence-corrected chi connectivity index (χ0v) is 9.81. The lowest BCUT2D eigenvalue weighted by molar-refractivity contribution is -0.137. The summed E-state index contributed by atoms with van der Waals surface area (Å²) in [6.45, 7) is 2.85. The number of hydrogen-bond donors (Lipinski definition) is 2. The highest BCUT2D eigenvalue weighted by molar-refractivity contribution is 5.66. The van der Waals surface area contributed by atoms with E-state index in [4.69, 9.17) is 5.11 Å². The maximum atomic E-state index is 10.4. The summed E-state index contributed by atoms with van der Waals surface area (Å²) >= 11 is 0. The van der Waals surface area contributed by atoms with Gasteiger partial charge in [-0.05, 0) is 19.4 Å². The first kappa shape index (κ1) is 12.7. The van der Waals surface area contributed by atoms with Gasteiger partial charge in [-0.15, -0.1) is 0 Å². The summed E-state index contributed by atoms with van der Waals surface area (Å²) in [6, 6.07) is 2.23. The second kappa shape index (κ2) is 6.27. The number of nitrogens with zero attached hydrogens (tertiary/aromatic N) is 2. The van der Waals surface area contributed by atoms with Crippen molar-refractivity contribution in [3.8, 4) is 0 Å². The zero-order chi connectivity index (χ0) is 12.0. The van der Waals surface area contributed by atoms with Gasteiger partial charge in [0, 0.05) is 44.4 Å². The van der Waals surface area contributed by atoms with Crippen molar-refractivity contribution in [2.75, 3.05) is 6.54 Å². The number of hydrogen-bond acceptors (Lipinski definition) is 3. The molecule has 1 rings (SSSR count). The van der Waals surface area contributed by atoms with E-state index in [9.17, 15) is 4.79 Å². The van der Waals surface area contributed by atoms with E-state index in [2.05, 4.69) is 10.4 Å². The summed E-state index contributed by atoms with van der Waals surface area (Å²) in [7, 11) is 1.92. The molecule has 90 valence electrons. The first-order valence-electron chi connectivity index (χ1n) is 5.51. The van der Waals surface area contributed by atoms with Crippen LogP contribution in [0.25, 0.3) is 0 Å². The molecule has 1 aromatic rings. The highest BCUT2D eigenvalue weighted by Crippen LogP contribution is 1.99. The van der Waals surface area contributed by atoms with Gasteiger partial charge in [0.2, 0.25) is 0 Å². The topological polar surface area (TPSA) is 67.2 Å². The van der Waals surface area contributed by atoms with Crippen molar-refractivity contribution < 1.29 is 9.90 Å². The summed E-state index contributed by atoms with van der Waals surface area (Å²) in [4.78, 5) is 10.4. The molecule has 0 spiro atoms. The summed E-state index contributed by atoms with van der Waals surface area (Å²) in [6.07, 6.45) is 3.58. The third kappa shape index (κ3) is 4.44. The Morgan fingerprint density at radius 3 is 3.00 bits per heavy atom. The molecule has 5 heteroatoms. The quantitative estimate of drug-likeness (QED) is 0.720. The second-order valence-electron chi connectivity index (χ2n) is 3.98. The number of aryl methyl sites for hydroxylation is 1. The number of aliphatic carboxylic acids is 1. The second-order valence-corrected chi connectivity index (χ2v) is 3.98. The van der Waals surface area contributed by atoms with E-state index in [0.717, 1.165) is 13.0 Å². The van der Waals surface area contributed by atoms with Crippen molar-refractivity contribution in [2.24, 2.45) is 7.05 Å². The van der Waals surface area contributed by atoms with Gasteiger partial charge in [0.15, 0.2) is 0 Å². The minimum atomic E-state index is -0.736.